The van der Waals surface area contributed by atoms with Gasteiger partial charge in [-0.1, -0.05) is 31.4 Å². The Kier molecular flexibility index (Phi) is 5.38. The molecule has 1 aliphatic carbocycles. The Morgan fingerprint density at radius 2 is 1.83 bits per heavy atom. The van der Waals surface area contributed by atoms with Gasteiger partial charge in [0, 0.05) is 17.5 Å². The SMILES string of the molecule is N=C1C(c2nc(-c3ccc(C(F)(F)F)cc3)cs2)=C(O)CN1CC1CCCCC1. The summed E-state index contributed by atoms with van der Waals surface area (Å²) in [5.74, 6) is 0.968. The number of hydrogen-bond donors (Lipinski definition) is 2. The van der Waals surface area contributed by atoms with E-state index in [2.05, 4.69) is 4.98 Å². The minimum atomic E-state index is -4.37. The summed E-state index contributed by atoms with van der Waals surface area (Å²) in [7, 11) is 0. The van der Waals surface area contributed by atoms with Crippen molar-refractivity contribution in [2.45, 2.75) is 38.3 Å². The molecular weight excluding hydrogens is 399 g/mol. The van der Waals surface area contributed by atoms with Gasteiger partial charge < -0.3 is 10.0 Å². The van der Waals surface area contributed by atoms with Crippen LogP contribution in [0.2, 0.25) is 0 Å². The van der Waals surface area contributed by atoms with Crippen molar-refractivity contribution in [2.24, 2.45) is 5.92 Å². The fourth-order valence-corrected chi connectivity index (χ4v) is 4.94. The predicted octanol–water partition coefficient (Wildman–Crippen LogP) is 5.97. The van der Waals surface area contributed by atoms with Crippen molar-refractivity contribution in [1.29, 1.82) is 5.41 Å². The highest BCUT2D eigenvalue weighted by Gasteiger charge is 2.32. The second-order valence-corrected chi connectivity index (χ2v) is 8.53. The van der Waals surface area contributed by atoms with Crippen molar-refractivity contribution in [3.05, 3.63) is 46.0 Å². The number of nitrogens with zero attached hydrogens (tertiary/aromatic N) is 2. The number of hydrogen-bond acceptors (Lipinski definition) is 4. The monoisotopic (exact) mass is 421 g/mol. The van der Waals surface area contributed by atoms with Crippen LogP contribution < -0.4 is 0 Å². The molecule has 2 aromatic rings. The van der Waals surface area contributed by atoms with Crippen LogP contribution in [0.4, 0.5) is 13.2 Å². The van der Waals surface area contributed by atoms with Crippen molar-refractivity contribution in [2.75, 3.05) is 13.1 Å². The minimum Gasteiger partial charge on any atom is -0.510 e. The summed E-state index contributed by atoms with van der Waals surface area (Å²) in [6.45, 7) is 1.09. The van der Waals surface area contributed by atoms with Crippen LogP contribution >= 0.6 is 11.3 Å². The number of nitrogens with one attached hydrogen (secondary N) is 1. The Labute approximate surface area is 171 Å². The average molecular weight is 421 g/mol. The lowest BCUT2D eigenvalue weighted by atomic mass is 9.89. The number of halogens is 3. The van der Waals surface area contributed by atoms with E-state index in [9.17, 15) is 18.3 Å². The van der Waals surface area contributed by atoms with Gasteiger partial charge in [-0.15, -0.1) is 11.3 Å². The number of aromatic nitrogens is 1. The number of amidine groups is 1. The molecule has 8 heteroatoms. The van der Waals surface area contributed by atoms with Gasteiger partial charge in [0.15, 0.2) is 0 Å². The van der Waals surface area contributed by atoms with E-state index in [1.54, 1.807) is 5.38 Å². The Morgan fingerprint density at radius 3 is 2.48 bits per heavy atom. The number of rotatable bonds is 4. The van der Waals surface area contributed by atoms with E-state index in [4.69, 9.17) is 5.41 Å². The second kappa shape index (κ2) is 7.82. The van der Waals surface area contributed by atoms with Gasteiger partial charge in [0.05, 0.1) is 23.4 Å². The molecule has 1 aromatic carbocycles. The first kappa shape index (κ1) is 19.9. The van der Waals surface area contributed by atoms with Gasteiger partial charge in [0.25, 0.3) is 0 Å². The van der Waals surface area contributed by atoms with Crippen LogP contribution in [0.25, 0.3) is 16.8 Å². The van der Waals surface area contributed by atoms with Crippen molar-refractivity contribution in [1.82, 2.24) is 9.88 Å². The Balaban J connectivity index is 1.50. The summed E-state index contributed by atoms with van der Waals surface area (Å²) in [5, 5.41) is 21.2. The van der Waals surface area contributed by atoms with Crippen LogP contribution in [0.15, 0.2) is 35.4 Å². The van der Waals surface area contributed by atoms with E-state index < -0.39 is 11.7 Å². The average Bonchev–Trinajstić information content (AvgIpc) is 3.27. The van der Waals surface area contributed by atoms with E-state index in [1.165, 1.54) is 42.7 Å². The van der Waals surface area contributed by atoms with Gasteiger partial charge in [-0.25, -0.2) is 4.98 Å². The summed E-state index contributed by atoms with van der Waals surface area (Å²) in [4.78, 5) is 6.39. The molecule has 29 heavy (non-hydrogen) atoms. The summed E-state index contributed by atoms with van der Waals surface area (Å²) < 4.78 is 38.2. The van der Waals surface area contributed by atoms with Gasteiger partial charge in [-0.2, -0.15) is 13.2 Å². The second-order valence-electron chi connectivity index (χ2n) is 7.67. The third kappa shape index (κ3) is 4.17. The Morgan fingerprint density at radius 1 is 1.14 bits per heavy atom. The molecule has 0 saturated heterocycles. The summed E-state index contributed by atoms with van der Waals surface area (Å²) in [6.07, 6.45) is 1.67. The lowest BCUT2D eigenvalue weighted by Gasteiger charge is -2.28. The van der Waals surface area contributed by atoms with Crippen molar-refractivity contribution in [3.63, 3.8) is 0 Å². The molecule has 1 aromatic heterocycles. The van der Waals surface area contributed by atoms with Crippen molar-refractivity contribution >= 4 is 22.7 Å². The maximum absolute atomic E-state index is 12.7. The number of aliphatic hydroxyl groups is 1. The first-order valence-corrected chi connectivity index (χ1v) is 10.6. The Bertz CT molecular complexity index is 927. The smallest absolute Gasteiger partial charge is 0.416 e. The van der Waals surface area contributed by atoms with Crippen LogP contribution in [0.5, 0.6) is 0 Å². The highest BCUT2D eigenvalue weighted by molar-refractivity contribution is 7.11. The lowest BCUT2D eigenvalue weighted by molar-refractivity contribution is -0.137. The molecule has 0 bridgehead atoms. The van der Waals surface area contributed by atoms with Crippen molar-refractivity contribution in [3.8, 4) is 11.3 Å². The molecule has 4 rings (SSSR count). The summed E-state index contributed by atoms with van der Waals surface area (Å²) in [5.41, 5.74) is 0.846. The quantitative estimate of drug-likeness (QED) is 0.639. The third-order valence-corrected chi connectivity index (χ3v) is 6.47. The molecule has 154 valence electrons. The highest BCUT2D eigenvalue weighted by atomic mass is 32.1. The van der Waals surface area contributed by atoms with Crippen LogP contribution in [-0.4, -0.2) is 33.9 Å². The molecule has 2 heterocycles. The topological polar surface area (TPSA) is 60.2 Å². The molecule has 0 radical (unpaired) electrons. The zero-order valence-corrected chi connectivity index (χ0v) is 16.6. The summed E-state index contributed by atoms with van der Waals surface area (Å²) in [6, 6.07) is 4.86. The van der Waals surface area contributed by atoms with Gasteiger partial charge in [0.2, 0.25) is 0 Å². The number of thiazole rings is 1. The molecule has 4 nitrogen and oxygen atoms in total. The van der Waals surface area contributed by atoms with Gasteiger partial charge in [0.1, 0.15) is 16.6 Å². The van der Waals surface area contributed by atoms with E-state index in [-0.39, 0.29) is 11.6 Å². The van der Waals surface area contributed by atoms with Gasteiger partial charge >= 0.3 is 6.18 Å². The lowest BCUT2D eigenvalue weighted by Crippen LogP contribution is -2.32. The van der Waals surface area contributed by atoms with Gasteiger partial charge in [-0.3, -0.25) is 5.41 Å². The Hall–Kier alpha value is -2.35. The number of benzene rings is 1. The summed E-state index contributed by atoms with van der Waals surface area (Å²) >= 11 is 1.29. The van der Waals surface area contributed by atoms with E-state index in [1.807, 2.05) is 4.90 Å². The first-order chi connectivity index (χ1) is 13.8. The largest absolute Gasteiger partial charge is 0.510 e. The fraction of sp³-hybridized carbons (Fsp3) is 0.429. The molecule has 1 saturated carbocycles. The molecular formula is C21H22F3N3OS. The van der Waals surface area contributed by atoms with Crippen LogP contribution in [0, 0.1) is 11.3 Å². The fourth-order valence-electron chi connectivity index (χ4n) is 4.05. The van der Waals surface area contributed by atoms with E-state index in [0.29, 0.717) is 34.3 Å². The molecule has 0 spiro atoms. The third-order valence-electron chi connectivity index (χ3n) is 5.61. The maximum Gasteiger partial charge on any atom is 0.416 e. The van der Waals surface area contributed by atoms with E-state index >= 15 is 0 Å². The standard InChI is InChI=1S/C21H22F3N3OS/c22-21(23,24)15-8-6-14(7-9-15)16-12-29-20(26-16)18-17(28)11-27(19(18)25)10-13-4-2-1-3-5-13/h6-9,12-13,25,28H,1-5,10-11H2. The minimum absolute atomic E-state index is 0.138. The maximum atomic E-state index is 12.7. The van der Waals surface area contributed by atoms with E-state index in [0.717, 1.165) is 31.5 Å². The molecule has 0 amide bonds. The molecule has 0 atom stereocenters. The highest BCUT2D eigenvalue weighted by Crippen LogP contribution is 2.35. The van der Waals surface area contributed by atoms with Crippen molar-refractivity contribution < 1.29 is 18.3 Å². The molecule has 0 unspecified atom stereocenters. The van der Waals surface area contributed by atoms with Crippen LogP contribution in [0.1, 0.15) is 42.7 Å². The van der Waals surface area contributed by atoms with Gasteiger partial charge in [-0.05, 0) is 30.9 Å². The van der Waals surface area contributed by atoms with Crippen LogP contribution in [0.3, 0.4) is 0 Å². The first-order valence-electron chi connectivity index (χ1n) is 9.72. The molecule has 1 aliphatic heterocycles. The molecule has 1 fully saturated rings. The molecule has 2 N–H and O–H groups in total. The van der Waals surface area contributed by atoms with Crippen LogP contribution in [-0.2, 0) is 6.18 Å². The number of alkyl halides is 3. The predicted molar refractivity (Wildman–Crippen MR) is 108 cm³/mol. The molecule has 2 aliphatic rings. The zero-order chi connectivity index (χ0) is 20.6. The zero-order valence-electron chi connectivity index (χ0n) is 15.8. The number of aliphatic hydroxyl groups excluding tert-OH is 1. The normalized spacial score (nSPS) is 18.7.